The quantitative estimate of drug-likeness (QED) is 0.284. The molecule has 132 valence electrons. The van der Waals surface area contributed by atoms with Crippen LogP contribution in [0.2, 0.25) is 0 Å². The number of carbonyl (C=O) groups excluding carboxylic acids is 1. The molecule has 0 bridgehead atoms. The summed E-state index contributed by atoms with van der Waals surface area (Å²) in [5.74, 6) is 1.23. The Bertz CT molecular complexity index is 399. The molecule has 1 fully saturated rings. The Labute approximate surface area is 139 Å². The highest BCUT2D eigenvalue weighted by molar-refractivity contribution is 5.85. The second-order valence-electron chi connectivity index (χ2n) is 5.77. The van der Waals surface area contributed by atoms with Crippen LogP contribution < -0.4 is 5.32 Å². The molecule has 0 aliphatic carbocycles. The number of ether oxygens (including phenoxy) is 2. The Kier molecular flexibility index (Phi) is 9.31. The van der Waals surface area contributed by atoms with Crippen LogP contribution in [-0.4, -0.2) is 88.9 Å². The van der Waals surface area contributed by atoms with Crippen molar-refractivity contribution in [2.75, 3.05) is 67.2 Å². The van der Waals surface area contributed by atoms with Crippen molar-refractivity contribution >= 4 is 11.9 Å². The van der Waals surface area contributed by atoms with Gasteiger partial charge in [0.1, 0.15) is 6.54 Å². The van der Waals surface area contributed by atoms with E-state index >= 15 is 0 Å². The fraction of sp³-hybridized carbons (Fsp3) is 0.750. The van der Waals surface area contributed by atoms with E-state index in [0.29, 0.717) is 25.7 Å². The van der Waals surface area contributed by atoms with E-state index in [1.54, 1.807) is 32.2 Å². The van der Waals surface area contributed by atoms with Crippen LogP contribution in [0.4, 0.5) is 0 Å². The molecule has 1 unspecified atom stereocenters. The van der Waals surface area contributed by atoms with Crippen LogP contribution in [-0.2, 0) is 14.3 Å². The standard InChI is InChI=1S/C16H30N4O3/c1-5-7-17-16(18-11-15(21)19(2)3)20-8-6-14(12-20)13-23-10-9-22-4/h5,14H,1,6-13H2,2-4H3,(H,17,18). The first-order valence-corrected chi connectivity index (χ1v) is 7.99. The number of likely N-dealkylation sites (tertiary alicyclic amines) is 1. The van der Waals surface area contributed by atoms with Gasteiger partial charge in [0.15, 0.2) is 5.96 Å². The van der Waals surface area contributed by atoms with Gasteiger partial charge < -0.3 is 24.6 Å². The second kappa shape index (κ2) is 11.0. The number of guanidine groups is 1. The number of nitrogens with one attached hydrogen (secondary N) is 1. The minimum Gasteiger partial charge on any atom is -0.382 e. The molecule has 1 N–H and O–H groups in total. The minimum absolute atomic E-state index is 0.0125. The lowest BCUT2D eigenvalue weighted by molar-refractivity contribution is -0.127. The molecule has 1 atom stereocenters. The van der Waals surface area contributed by atoms with E-state index in [1.807, 2.05) is 0 Å². The summed E-state index contributed by atoms with van der Waals surface area (Å²) < 4.78 is 10.6. The van der Waals surface area contributed by atoms with Gasteiger partial charge in [-0.3, -0.25) is 4.79 Å². The van der Waals surface area contributed by atoms with Crippen LogP contribution in [0.5, 0.6) is 0 Å². The lowest BCUT2D eigenvalue weighted by Crippen LogP contribution is -2.41. The Hall–Kier alpha value is -1.60. The molecule has 23 heavy (non-hydrogen) atoms. The molecule has 0 aromatic rings. The summed E-state index contributed by atoms with van der Waals surface area (Å²) in [7, 11) is 5.14. The first kappa shape index (κ1) is 19.4. The van der Waals surface area contributed by atoms with Crippen LogP contribution in [0, 0.1) is 5.92 Å². The summed E-state index contributed by atoms with van der Waals surface area (Å²) in [5, 5.41) is 3.23. The van der Waals surface area contributed by atoms with Gasteiger partial charge in [-0.2, -0.15) is 0 Å². The maximum absolute atomic E-state index is 11.7. The van der Waals surface area contributed by atoms with Crippen molar-refractivity contribution in [1.29, 1.82) is 0 Å². The van der Waals surface area contributed by atoms with Crippen LogP contribution >= 0.6 is 0 Å². The summed E-state index contributed by atoms with van der Waals surface area (Å²) in [5.41, 5.74) is 0. The third-order valence-electron chi connectivity index (χ3n) is 3.64. The van der Waals surface area contributed by atoms with Gasteiger partial charge in [0, 0.05) is 46.8 Å². The highest BCUT2D eigenvalue weighted by atomic mass is 16.5. The molecule has 1 aliphatic rings. The second-order valence-corrected chi connectivity index (χ2v) is 5.77. The maximum atomic E-state index is 11.7. The Morgan fingerprint density at radius 1 is 1.48 bits per heavy atom. The van der Waals surface area contributed by atoms with Crippen molar-refractivity contribution < 1.29 is 14.3 Å². The Balaban J connectivity index is 2.50. The molecule has 7 heteroatoms. The summed E-state index contributed by atoms with van der Waals surface area (Å²) in [6.07, 6.45) is 2.84. The number of carbonyl (C=O) groups is 1. The number of rotatable bonds is 9. The zero-order valence-electron chi connectivity index (χ0n) is 14.6. The molecule has 0 spiro atoms. The van der Waals surface area contributed by atoms with Gasteiger partial charge in [0.05, 0.1) is 19.8 Å². The smallest absolute Gasteiger partial charge is 0.243 e. The van der Waals surface area contributed by atoms with E-state index in [0.717, 1.165) is 32.1 Å². The molecule has 1 rings (SSSR count). The van der Waals surface area contributed by atoms with Crippen LogP contribution in [0.1, 0.15) is 6.42 Å². The number of nitrogens with zero attached hydrogens (tertiary/aromatic N) is 3. The average Bonchev–Trinajstić information content (AvgIpc) is 3.00. The third-order valence-corrected chi connectivity index (χ3v) is 3.64. The number of methoxy groups -OCH3 is 1. The highest BCUT2D eigenvalue weighted by Gasteiger charge is 2.25. The van der Waals surface area contributed by atoms with Crippen LogP contribution in [0.3, 0.4) is 0 Å². The van der Waals surface area contributed by atoms with E-state index < -0.39 is 0 Å². The van der Waals surface area contributed by atoms with Gasteiger partial charge in [-0.05, 0) is 6.42 Å². The number of hydrogen-bond acceptors (Lipinski definition) is 4. The predicted octanol–water partition coefficient (Wildman–Crippen LogP) is 0.191. The first-order chi connectivity index (χ1) is 11.1. The normalized spacial score (nSPS) is 18.1. The van der Waals surface area contributed by atoms with Gasteiger partial charge in [0.25, 0.3) is 0 Å². The summed E-state index contributed by atoms with van der Waals surface area (Å²) in [6, 6.07) is 0. The van der Waals surface area contributed by atoms with Gasteiger partial charge in [-0.25, -0.2) is 4.99 Å². The van der Waals surface area contributed by atoms with Gasteiger partial charge >= 0.3 is 0 Å². The lowest BCUT2D eigenvalue weighted by Gasteiger charge is -2.22. The largest absolute Gasteiger partial charge is 0.382 e. The number of aliphatic imine (C=N–C) groups is 1. The van der Waals surface area contributed by atoms with Crippen molar-refractivity contribution in [1.82, 2.24) is 15.1 Å². The van der Waals surface area contributed by atoms with E-state index in [2.05, 4.69) is 21.8 Å². The van der Waals surface area contributed by atoms with Crippen molar-refractivity contribution in [3.8, 4) is 0 Å². The van der Waals surface area contributed by atoms with Gasteiger partial charge in [-0.1, -0.05) is 6.08 Å². The topological polar surface area (TPSA) is 66.4 Å². The van der Waals surface area contributed by atoms with Crippen molar-refractivity contribution in [2.45, 2.75) is 6.42 Å². The molecule has 0 aromatic heterocycles. The van der Waals surface area contributed by atoms with Crippen LogP contribution in [0.25, 0.3) is 0 Å². The molecule has 0 radical (unpaired) electrons. The molecule has 7 nitrogen and oxygen atoms in total. The Morgan fingerprint density at radius 3 is 2.91 bits per heavy atom. The zero-order chi connectivity index (χ0) is 17.1. The summed E-state index contributed by atoms with van der Waals surface area (Å²) in [4.78, 5) is 19.9. The first-order valence-electron chi connectivity index (χ1n) is 7.99. The molecule has 1 aliphatic heterocycles. The lowest BCUT2D eigenvalue weighted by atomic mass is 10.1. The monoisotopic (exact) mass is 326 g/mol. The zero-order valence-corrected chi connectivity index (χ0v) is 14.6. The Morgan fingerprint density at radius 2 is 2.26 bits per heavy atom. The van der Waals surface area contributed by atoms with E-state index in [-0.39, 0.29) is 12.5 Å². The molecule has 1 saturated heterocycles. The third kappa shape index (κ3) is 7.47. The van der Waals surface area contributed by atoms with Crippen LogP contribution in [0.15, 0.2) is 17.6 Å². The summed E-state index contributed by atoms with van der Waals surface area (Å²) >= 11 is 0. The SMILES string of the molecule is C=CCNC(=NCC(=O)N(C)C)N1CCC(COCCOC)C1. The summed E-state index contributed by atoms with van der Waals surface area (Å²) in [6.45, 7) is 8.26. The van der Waals surface area contributed by atoms with Crippen molar-refractivity contribution in [3.05, 3.63) is 12.7 Å². The van der Waals surface area contributed by atoms with E-state index in [1.165, 1.54) is 0 Å². The predicted molar refractivity (Wildman–Crippen MR) is 91.6 cm³/mol. The minimum atomic E-state index is -0.0125. The van der Waals surface area contributed by atoms with Gasteiger partial charge in [0.2, 0.25) is 5.91 Å². The van der Waals surface area contributed by atoms with E-state index in [9.17, 15) is 4.79 Å². The molecule has 0 aromatic carbocycles. The number of likely N-dealkylation sites (N-methyl/N-ethyl adjacent to an activating group) is 1. The van der Waals surface area contributed by atoms with E-state index in [4.69, 9.17) is 9.47 Å². The number of hydrogen-bond donors (Lipinski definition) is 1. The fourth-order valence-corrected chi connectivity index (χ4v) is 2.27. The highest BCUT2D eigenvalue weighted by Crippen LogP contribution is 2.16. The maximum Gasteiger partial charge on any atom is 0.243 e. The van der Waals surface area contributed by atoms with Gasteiger partial charge in [-0.15, -0.1) is 6.58 Å². The van der Waals surface area contributed by atoms with Crippen molar-refractivity contribution in [3.63, 3.8) is 0 Å². The molecule has 1 heterocycles. The molecule has 0 saturated carbocycles. The fourth-order valence-electron chi connectivity index (χ4n) is 2.27. The molecular weight excluding hydrogens is 296 g/mol. The van der Waals surface area contributed by atoms with Crippen molar-refractivity contribution in [2.24, 2.45) is 10.9 Å². The average molecular weight is 326 g/mol. The number of amides is 1. The molecular formula is C16H30N4O3. The molecule has 1 amide bonds.